The maximum absolute atomic E-state index is 9.97. The number of halogens is 1. The van der Waals surface area contributed by atoms with Gasteiger partial charge in [0, 0.05) is 23.9 Å². The summed E-state index contributed by atoms with van der Waals surface area (Å²) in [6, 6.07) is 15.8. The molecule has 0 radical (unpaired) electrons. The Morgan fingerprint density at radius 3 is 2.68 bits per heavy atom. The lowest BCUT2D eigenvalue weighted by Gasteiger charge is -2.35. The number of rotatable bonds is 7. The zero-order chi connectivity index (χ0) is 27.9. The molecule has 2 atom stereocenters. The van der Waals surface area contributed by atoms with Crippen LogP contribution >= 0.6 is 11.6 Å². The van der Waals surface area contributed by atoms with Crippen LogP contribution in [0.4, 0.5) is 0 Å². The highest BCUT2D eigenvalue weighted by Crippen LogP contribution is 2.44. The van der Waals surface area contributed by atoms with E-state index in [4.69, 9.17) is 30.8 Å². The number of nitrogens with zero attached hydrogens (tertiary/aromatic N) is 4. The molecule has 9 heteroatoms. The number of pyridine rings is 1. The highest BCUT2D eigenvalue weighted by atomic mass is 35.5. The highest BCUT2D eigenvalue weighted by molar-refractivity contribution is 6.30. The normalized spacial score (nSPS) is 21.1. The Kier molecular flexibility index (Phi) is 7.06. The number of piperidine rings is 1. The number of hydrogen-bond donors (Lipinski definition) is 1. The van der Waals surface area contributed by atoms with E-state index in [2.05, 4.69) is 33.2 Å². The minimum Gasteiger partial charge on any atom is -0.508 e. The van der Waals surface area contributed by atoms with Gasteiger partial charge in [-0.2, -0.15) is 0 Å². The molecule has 4 aromatic rings. The van der Waals surface area contributed by atoms with Crippen LogP contribution in [-0.2, 0) is 17.8 Å². The zero-order valence-electron chi connectivity index (χ0n) is 22.8. The van der Waals surface area contributed by atoms with Crippen molar-refractivity contribution in [3.05, 3.63) is 89.0 Å². The van der Waals surface area contributed by atoms with E-state index in [0.717, 1.165) is 86.1 Å². The Bertz CT molecular complexity index is 1570. The molecule has 212 valence electrons. The maximum Gasteiger partial charge on any atom is 0.174 e. The van der Waals surface area contributed by atoms with Gasteiger partial charge in [0.15, 0.2) is 17.6 Å². The van der Waals surface area contributed by atoms with Gasteiger partial charge in [0.1, 0.15) is 18.2 Å². The minimum absolute atomic E-state index is 0.0661. The predicted molar refractivity (Wildman–Crippen MR) is 158 cm³/mol. The van der Waals surface area contributed by atoms with E-state index >= 15 is 0 Å². The number of aromatic nitrogens is 3. The molecular weight excluding hydrogens is 540 g/mol. The van der Waals surface area contributed by atoms with Crippen LogP contribution in [0.25, 0.3) is 16.8 Å². The second-order valence-electron chi connectivity index (χ2n) is 11.1. The lowest BCUT2D eigenvalue weighted by molar-refractivity contribution is -0.0592. The summed E-state index contributed by atoms with van der Waals surface area (Å²) in [5, 5.41) is 10.6. The molecule has 2 fully saturated rings. The molecule has 0 spiro atoms. The number of aliphatic hydroxyl groups excluding tert-OH is 1. The number of ether oxygens (including phenoxy) is 3. The van der Waals surface area contributed by atoms with Crippen molar-refractivity contribution >= 4 is 28.4 Å². The molecule has 7 rings (SSSR count). The van der Waals surface area contributed by atoms with E-state index in [1.165, 1.54) is 5.56 Å². The smallest absolute Gasteiger partial charge is 0.174 e. The van der Waals surface area contributed by atoms with Gasteiger partial charge in [-0.05, 0) is 74.7 Å². The summed E-state index contributed by atoms with van der Waals surface area (Å²) >= 11 is 6.04. The Labute approximate surface area is 244 Å². The van der Waals surface area contributed by atoms with Crippen molar-refractivity contribution in [2.24, 2.45) is 0 Å². The van der Waals surface area contributed by atoms with Crippen LogP contribution in [0, 0.1) is 0 Å². The summed E-state index contributed by atoms with van der Waals surface area (Å²) in [5.41, 5.74) is 4.67. The minimum atomic E-state index is -0.267. The summed E-state index contributed by atoms with van der Waals surface area (Å²) in [6.07, 6.45) is 4.67. The largest absolute Gasteiger partial charge is 0.508 e. The number of imidazole rings is 1. The Morgan fingerprint density at radius 1 is 1.10 bits per heavy atom. The molecular formula is C32H33ClN4O4. The van der Waals surface area contributed by atoms with Crippen LogP contribution in [0.2, 0.25) is 5.02 Å². The number of para-hydroxylation sites is 1. The fraction of sp³-hybridized carbons (Fsp3) is 0.375. The average molecular weight is 573 g/mol. The topological polar surface area (TPSA) is 81.9 Å². The van der Waals surface area contributed by atoms with Gasteiger partial charge in [-0.25, -0.2) is 4.98 Å². The third-order valence-corrected chi connectivity index (χ3v) is 8.70. The van der Waals surface area contributed by atoms with E-state index in [9.17, 15) is 5.11 Å². The molecule has 2 aromatic heterocycles. The van der Waals surface area contributed by atoms with Gasteiger partial charge in [-0.15, -0.1) is 0 Å². The quantitative estimate of drug-likeness (QED) is 0.260. The van der Waals surface area contributed by atoms with E-state index in [1.807, 2.05) is 36.4 Å². The first-order chi connectivity index (χ1) is 20.0. The van der Waals surface area contributed by atoms with E-state index in [1.54, 1.807) is 6.20 Å². The molecule has 3 aliphatic rings. The molecule has 8 nitrogen and oxygen atoms in total. The first kappa shape index (κ1) is 26.3. The van der Waals surface area contributed by atoms with Crippen LogP contribution in [0.5, 0.6) is 11.5 Å². The molecule has 2 aromatic carbocycles. The molecule has 0 bridgehead atoms. The first-order valence-electron chi connectivity index (χ1n) is 14.3. The van der Waals surface area contributed by atoms with Crippen LogP contribution in [0.3, 0.4) is 0 Å². The number of fused-ring (bicyclic) bond motifs is 2. The summed E-state index contributed by atoms with van der Waals surface area (Å²) < 4.78 is 20.6. The maximum atomic E-state index is 9.97. The second-order valence-corrected chi connectivity index (χ2v) is 11.6. The van der Waals surface area contributed by atoms with Crippen LogP contribution in [0.1, 0.15) is 53.9 Å². The molecule has 5 heterocycles. The van der Waals surface area contributed by atoms with Gasteiger partial charge >= 0.3 is 0 Å². The van der Waals surface area contributed by atoms with Gasteiger partial charge in [0.05, 0.1) is 40.9 Å². The fourth-order valence-electron chi connectivity index (χ4n) is 6.07. The lowest BCUT2D eigenvalue weighted by atomic mass is 9.88. The molecule has 0 saturated carbocycles. The monoisotopic (exact) mass is 572 g/mol. The van der Waals surface area contributed by atoms with Crippen molar-refractivity contribution < 1.29 is 19.3 Å². The lowest BCUT2D eigenvalue weighted by Crippen LogP contribution is -2.35. The Morgan fingerprint density at radius 2 is 1.95 bits per heavy atom. The molecule has 3 aliphatic heterocycles. The fourth-order valence-corrected chi connectivity index (χ4v) is 6.18. The van der Waals surface area contributed by atoms with E-state index in [-0.39, 0.29) is 18.0 Å². The average Bonchev–Trinajstić information content (AvgIpc) is 3.31. The second kappa shape index (κ2) is 11.0. The van der Waals surface area contributed by atoms with Crippen molar-refractivity contribution in [1.82, 2.24) is 19.4 Å². The standard InChI is InChI=1S/C32H33ClN4O4/c1-20(38)22-5-7-26-28(15-22)37(17-24-11-14-39-24)31(35-26)18-36-12-9-21(10-13-36)25-3-2-4-29-32(25)41-30(19-40-29)27-8-6-23(33)16-34-27/h2-8,15-16,21,24,30,38H,1,9-14,17-19H2/t24-,30-/m0/s1. The third kappa shape index (κ3) is 5.27. The van der Waals surface area contributed by atoms with Crippen LogP contribution in [0.15, 0.2) is 61.3 Å². The molecule has 0 aliphatic carbocycles. The van der Waals surface area contributed by atoms with Crippen molar-refractivity contribution in [3.63, 3.8) is 0 Å². The molecule has 0 amide bonds. The number of likely N-dealkylation sites (tertiary alicyclic amines) is 1. The van der Waals surface area contributed by atoms with Gasteiger partial charge in [-0.3, -0.25) is 9.88 Å². The predicted octanol–water partition coefficient (Wildman–Crippen LogP) is 6.29. The van der Waals surface area contributed by atoms with Crippen LogP contribution < -0.4 is 9.47 Å². The molecule has 2 saturated heterocycles. The first-order valence-corrected chi connectivity index (χ1v) is 14.6. The van der Waals surface area contributed by atoms with E-state index < -0.39 is 0 Å². The number of hydrogen-bond acceptors (Lipinski definition) is 7. The summed E-state index contributed by atoms with van der Waals surface area (Å²) in [6.45, 7) is 8.38. The van der Waals surface area contributed by atoms with Gasteiger partial charge in [-0.1, -0.05) is 30.3 Å². The Balaban J connectivity index is 1.07. The SMILES string of the molecule is C=C(O)c1ccc2nc(CN3CCC(c4cccc5c4O[C@H](c4ccc(Cl)cn4)CO5)CC3)n(C[C@@H]3CCO3)c2c1. The number of benzene rings is 2. The third-order valence-electron chi connectivity index (χ3n) is 8.47. The van der Waals surface area contributed by atoms with Crippen molar-refractivity contribution in [2.45, 2.75) is 50.5 Å². The highest BCUT2D eigenvalue weighted by Gasteiger charge is 2.31. The van der Waals surface area contributed by atoms with Crippen LogP contribution in [-0.4, -0.2) is 56.9 Å². The van der Waals surface area contributed by atoms with Crippen molar-refractivity contribution in [1.29, 1.82) is 0 Å². The number of aliphatic hydroxyl groups is 1. The van der Waals surface area contributed by atoms with Gasteiger partial charge in [0.2, 0.25) is 0 Å². The summed E-state index contributed by atoms with van der Waals surface area (Å²) in [4.78, 5) is 11.9. The molecule has 0 unspecified atom stereocenters. The van der Waals surface area contributed by atoms with E-state index in [0.29, 0.717) is 23.1 Å². The summed E-state index contributed by atoms with van der Waals surface area (Å²) in [7, 11) is 0. The molecule has 1 N–H and O–H groups in total. The zero-order valence-corrected chi connectivity index (χ0v) is 23.6. The Hall–Kier alpha value is -3.59. The molecule has 41 heavy (non-hydrogen) atoms. The van der Waals surface area contributed by atoms with Crippen molar-refractivity contribution in [2.75, 3.05) is 26.3 Å². The summed E-state index contributed by atoms with van der Waals surface area (Å²) in [5.74, 6) is 3.11. The van der Waals surface area contributed by atoms with Gasteiger partial charge in [0.25, 0.3) is 0 Å². The van der Waals surface area contributed by atoms with Gasteiger partial charge < -0.3 is 23.9 Å². The van der Waals surface area contributed by atoms with Crippen molar-refractivity contribution in [3.8, 4) is 11.5 Å².